The van der Waals surface area contributed by atoms with Crippen molar-refractivity contribution in [3.63, 3.8) is 0 Å². The molecule has 0 bridgehead atoms. The summed E-state index contributed by atoms with van der Waals surface area (Å²) >= 11 is 0. The molecule has 3 atom stereocenters. The third kappa shape index (κ3) is 2.19. The molecule has 4 nitrogen and oxygen atoms in total. The Morgan fingerprint density at radius 3 is 2.80 bits per heavy atom. The number of benzene rings is 1. The number of hydrogen-bond donors (Lipinski definition) is 0. The maximum atomic E-state index is 11.9. The summed E-state index contributed by atoms with van der Waals surface area (Å²) in [7, 11) is 1.40. The molecular weight excluding hydrogens is 254 g/mol. The van der Waals surface area contributed by atoms with E-state index < -0.39 is 0 Å². The first-order chi connectivity index (χ1) is 9.70. The van der Waals surface area contributed by atoms with E-state index in [4.69, 9.17) is 4.74 Å². The number of piperidine rings is 1. The highest BCUT2D eigenvalue weighted by Gasteiger charge is 2.51. The van der Waals surface area contributed by atoms with E-state index in [1.54, 1.807) is 4.90 Å². The van der Waals surface area contributed by atoms with E-state index in [-0.39, 0.29) is 18.1 Å². The van der Waals surface area contributed by atoms with Gasteiger partial charge in [0.15, 0.2) is 0 Å². The summed E-state index contributed by atoms with van der Waals surface area (Å²) in [5.74, 6) is 0.696. The minimum atomic E-state index is -0.301. The standard InChI is InChI=1S/C16H19NO3/c1-20-16(19)17-8-7-14(18)13-10-12(15(13)17)9-11-5-3-2-4-6-11/h2-6,12-13,15H,7-10H2,1H3/t12-,13-,15-/m0/s1. The summed E-state index contributed by atoms with van der Waals surface area (Å²) in [6, 6.07) is 10.3. The molecule has 3 rings (SSSR count). The van der Waals surface area contributed by atoms with Gasteiger partial charge in [-0.05, 0) is 24.3 Å². The Labute approximate surface area is 118 Å². The first-order valence-electron chi connectivity index (χ1n) is 7.12. The number of likely N-dealkylation sites (tertiary alicyclic amines) is 1. The van der Waals surface area contributed by atoms with E-state index in [9.17, 15) is 9.59 Å². The van der Waals surface area contributed by atoms with Crippen molar-refractivity contribution in [1.82, 2.24) is 4.90 Å². The van der Waals surface area contributed by atoms with Crippen molar-refractivity contribution >= 4 is 11.9 Å². The number of ether oxygens (including phenoxy) is 1. The molecule has 1 heterocycles. The Balaban J connectivity index is 1.74. The minimum absolute atomic E-state index is 0.0246. The van der Waals surface area contributed by atoms with Gasteiger partial charge in [-0.1, -0.05) is 30.3 Å². The van der Waals surface area contributed by atoms with Gasteiger partial charge in [-0.3, -0.25) is 4.79 Å². The van der Waals surface area contributed by atoms with E-state index >= 15 is 0 Å². The van der Waals surface area contributed by atoms with Gasteiger partial charge in [-0.15, -0.1) is 0 Å². The second-order valence-corrected chi connectivity index (χ2v) is 5.66. The topological polar surface area (TPSA) is 46.6 Å². The maximum absolute atomic E-state index is 11.9. The number of rotatable bonds is 2. The van der Waals surface area contributed by atoms with Crippen molar-refractivity contribution in [1.29, 1.82) is 0 Å². The molecule has 1 saturated heterocycles. The smallest absolute Gasteiger partial charge is 0.409 e. The molecule has 2 aliphatic rings. The summed E-state index contributed by atoms with van der Waals surface area (Å²) in [5.41, 5.74) is 1.26. The SMILES string of the molecule is COC(=O)N1CCC(=O)[C@@H]2C[C@H](Cc3ccccc3)[C@@H]21. The predicted octanol–water partition coefficient (Wildman–Crippen LogP) is 2.28. The number of amides is 1. The average Bonchev–Trinajstić information content (AvgIpc) is 2.46. The summed E-state index contributed by atoms with van der Waals surface area (Å²) < 4.78 is 4.85. The Kier molecular flexibility index (Phi) is 3.47. The zero-order chi connectivity index (χ0) is 14.1. The summed E-state index contributed by atoms with van der Waals surface area (Å²) in [6.45, 7) is 0.498. The molecule has 1 aromatic rings. The van der Waals surface area contributed by atoms with Crippen molar-refractivity contribution in [3.8, 4) is 0 Å². The van der Waals surface area contributed by atoms with Crippen LogP contribution in [0.3, 0.4) is 0 Å². The molecule has 1 aliphatic carbocycles. The number of hydrogen-bond acceptors (Lipinski definition) is 3. The molecule has 1 amide bonds. The molecule has 1 saturated carbocycles. The van der Waals surface area contributed by atoms with Crippen LogP contribution in [0.25, 0.3) is 0 Å². The maximum Gasteiger partial charge on any atom is 0.409 e. The van der Waals surface area contributed by atoms with Gasteiger partial charge in [0.05, 0.1) is 7.11 Å². The molecule has 0 spiro atoms. The van der Waals surface area contributed by atoms with Gasteiger partial charge in [0.2, 0.25) is 0 Å². The summed E-state index contributed by atoms with van der Waals surface area (Å²) in [4.78, 5) is 25.5. The zero-order valence-electron chi connectivity index (χ0n) is 11.6. The van der Waals surface area contributed by atoms with Crippen molar-refractivity contribution < 1.29 is 14.3 Å². The predicted molar refractivity (Wildman–Crippen MR) is 74.3 cm³/mol. The van der Waals surface area contributed by atoms with Crippen molar-refractivity contribution in [3.05, 3.63) is 35.9 Å². The number of carbonyl (C=O) groups is 2. The van der Waals surface area contributed by atoms with Crippen LogP contribution in [-0.2, 0) is 16.0 Å². The Hall–Kier alpha value is -1.84. The molecule has 4 heteroatoms. The van der Waals surface area contributed by atoms with Crippen LogP contribution in [0.15, 0.2) is 30.3 Å². The molecule has 1 aromatic carbocycles. The van der Waals surface area contributed by atoms with E-state index in [2.05, 4.69) is 12.1 Å². The average molecular weight is 273 g/mol. The first kappa shape index (κ1) is 13.2. The Bertz CT molecular complexity index is 514. The molecule has 106 valence electrons. The van der Waals surface area contributed by atoms with Gasteiger partial charge < -0.3 is 9.64 Å². The number of ketones is 1. The summed E-state index contributed by atoms with van der Waals surface area (Å²) in [6.07, 6.45) is 1.98. The highest BCUT2D eigenvalue weighted by molar-refractivity contribution is 5.86. The van der Waals surface area contributed by atoms with Gasteiger partial charge in [0.1, 0.15) is 5.78 Å². The Morgan fingerprint density at radius 1 is 1.35 bits per heavy atom. The molecule has 2 fully saturated rings. The van der Waals surface area contributed by atoms with Crippen molar-refractivity contribution in [2.75, 3.05) is 13.7 Å². The zero-order valence-corrected chi connectivity index (χ0v) is 11.6. The van der Waals surface area contributed by atoms with E-state index in [0.29, 0.717) is 24.7 Å². The van der Waals surface area contributed by atoms with Crippen molar-refractivity contribution in [2.45, 2.75) is 25.3 Å². The number of nitrogens with zero attached hydrogens (tertiary/aromatic N) is 1. The Morgan fingerprint density at radius 2 is 2.10 bits per heavy atom. The van der Waals surface area contributed by atoms with Gasteiger partial charge in [-0.2, -0.15) is 0 Å². The molecule has 0 unspecified atom stereocenters. The summed E-state index contributed by atoms with van der Waals surface area (Å²) in [5, 5.41) is 0. The van der Waals surface area contributed by atoms with Crippen LogP contribution in [0, 0.1) is 11.8 Å². The van der Waals surface area contributed by atoms with Crippen LogP contribution < -0.4 is 0 Å². The van der Waals surface area contributed by atoms with Crippen LogP contribution in [0.4, 0.5) is 4.79 Å². The molecular formula is C16H19NO3. The lowest BCUT2D eigenvalue weighted by molar-refractivity contribution is -0.138. The number of fused-ring (bicyclic) bond motifs is 1. The lowest BCUT2D eigenvalue weighted by Crippen LogP contribution is -2.62. The fraction of sp³-hybridized carbons (Fsp3) is 0.500. The second kappa shape index (κ2) is 5.27. The number of carbonyl (C=O) groups excluding carboxylic acids is 2. The van der Waals surface area contributed by atoms with E-state index in [1.807, 2.05) is 18.2 Å². The largest absolute Gasteiger partial charge is 0.453 e. The quantitative estimate of drug-likeness (QED) is 0.830. The number of methoxy groups -OCH3 is 1. The monoisotopic (exact) mass is 273 g/mol. The molecule has 0 radical (unpaired) electrons. The van der Waals surface area contributed by atoms with Gasteiger partial charge in [0, 0.05) is 24.9 Å². The third-order valence-electron chi connectivity index (χ3n) is 4.57. The first-order valence-corrected chi connectivity index (χ1v) is 7.12. The van der Waals surface area contributed by atoms with E-state index in [1.165, 1.54) is 12.7 Å². The van der Waals surface area contributed by atoms with Crippen LogP contribution in [0.1, 0.15) is 18.4 Å². The molecule has 1 aliphatic heterocycles. The highest BCUT2D eigenvalue weighted by atomic mass is 16.5. The van der Waals surface area contributed by atoms with Gasteiger partial charge in [-0.25, -0.2) is 4.79 Å². The highest BCUT2D eigenvalue weighted by Crippen LogP contribution is 2.44. The second-order valence-electron chi connectivity index (χ2n) is 5.66. The van der Waals surface area contributed by atoms with Gasteiger partial charge in [0.25, 0.3) is 0 Å². The molecule has 0 aromatic heterocycles. The van der Waals surface area contributed by atoms with Crippen LogP contribution >= 0.6 is 0 Å². The van der Waals surface area contributed by atoms with E-state index in [0.717, 1.165) is 12.8 Å². The van der Waals surface area contributed by atoms with Crippen LogP contribution in [0.5, 0.6) is 0 Å². The number of Topliss-reactive ketones (excluding diaryl/α,β-unsaturated/α-hetero) is 1. The van der Waals surface area contributed by atoms with Crippen molar-refractivity contribution in [2.24, 2.45) is 11.8 Å². The fourth-order valence-electron chi connectivity index (χ4n) is 3.55. The molecule has 0 N–H and O–H groups in total. The van der Waals surface area contributed by atoms with Crippen LogP contribution in [0.2, 0.25) is 0 Å². The van der Waals surface area contributed by atoms with Crippen LogP contribution in [-0.4, -0.2) is 36.5 Å². The lowest BCUT2D eigenvalue weighted by Gasteiger charge is -2.52. The lowest BCUT2D eigenvalue weighted by atomic mass is 9.63. The third-order valence-corrected chi connectivity index (χ3v) is 4.57. The van der Waals surface area contributed by atoms with Gasteiger partial charge >= 0.3 is 6.09 Å². The molecule has 20 heavy (non-hydrogen) atoms. The fourth-order valence-corrected chi connectivity index (χ4v) is 3.55. The minimum Gasteiger partial charge on any atom is -0.453 e. The normalized spacial score (nSPS) is 28.6.